The lowest BCUT2D eigenvalue weighted by atomic mass is 10.1. The third kappa shape index (κ3) is 3.17. The van der Waals surface area contributed by atoms with Gasteiger partial charge in [0.05, 0.1) is 5.69 Å². The van der Waals surface area contributed by atoms with Crippen molar-refractivity contribution < 1.29 is 0 Å². The molecule has 0 saturated carbocycles. The van der Waals surface area contributed by atoms with Gasteiger partial charge in [-0.1, -0.05) is 20.3 Å². The molecule has 0 saturated heterocycles. The van der Waals surface area contributed by atoms with E-state index in [-0.39, 0.29) is 0 Å². The second-order valence-electron chi connectivity index (χ2n) is 4.08. The number of aromatic nitrogens is 2. The summed E-state index contributed by atoms with van der Waals surface area (Å²) in [6.07, 6.45) is 4.60. The Bertz CT molecular complexity index is 314. The topological polar surface area (TPSA) is 55.0 Å². The minimum absolute atomic E-state index is 0.445. The molecular formula is C12H22N4. The fourth-order valence-corrected chi connectivity index (χ4v) is 1.64. The summed E-state index contributed by atoms with van der Waals surface area (Å²) < 4.78 is 0. The van der Waals surface area contributed by atoms with E-state index in [1.807, 2.05) is 0 Å². The van der Waals surface area contributed by atoms with E-state index < -0.39 is 0 Å². The van der Waals surface area contributed by atoms with Gasteiger partial charge in [0.2, 0.25) is 0 Å². The van der Waals surface area contributed by atoms with Crippen LogP contribution in [-0.2, 0) is 6.54 Å². The van der Waals surface area contributed by atoms with Gasteiger partial charge in [-0.25, -0.2) is 4.98 Å². The summed E-state index contributed by atoms with van der Waals surface area (Å²) in [7, 11) is 0. The normalized spacial score (nSPS) is 12.5. The number of hydrogen-bond donors (Lipinski definition) is 1. The van der Waals surface area contributed by atoms with E-state index in [4.69, 9.17) is 5.73 Å². The van der Waals surface area contributed by atoms with Crippen LogP contribution >= 0.6 is 0 Å². The number of anilines is 1. The largest absolute Gasteiger partial charge is 0.355 e. The van der Waals surface area contributed by atoms with Gasteiger partial charge in [0, 0.05) is 32.0 Å². The van der Waals surface area contributed by atoms with Crippen molar-refractivity contribution in [3.63, 3.8) is 0 Å². The van der Waals surface area contributed by atoms with Crippen LogP contribution in [0.4, 0.5) is 5.82 Å². The molecule has 1 unspecified atom stereocenters. The predicted octanol–water partition coefficient (Wildman–Crippen LogP) is 1.81. The van der Waals surface area contributed by atoms with Gasteiger partial charge in [0.25, 0.3) is 0 Å². The quantitative estimate of drug-likeness (QED) is 0.797. The van der Waals surface area contributed by atoms with Crippen molar-refractivity contribution in [2.75, 3.05) is 18.0 Å². The first-order valence-corrected chi connectivity index (χ1v) is 5.97. The molecule has 16 heavy (non-hydrogen) atoms. The molecule has 0 fully saturated rings. The minimum Gasteiger partial charge on any atom is -0.355 e. The molecule has 0 bridgehead atoms. The molecule has 0 radical (unpaired) electrons. The number of rotatable bonds is 6. The Morgan fingerprint density at radius 1 is 1.31 bits per heavy atom. The van der Waals surface area contributed by atoms with Crippen LogP contribution < -0.4 is 10.6 Å². The first-order chi connectivity index (χ1) is 7.72. The fraction of sp³-hybridized carbons (Fsp3) is 0.667. The molecule has 0 aromatic carbocycles. The van der Waals surface area contributed by atoms with Crippen molar-refractivity contribution >= 4 is 5.82 Å². The maximum absolute atomic E-state index is 5.68. The zero-order valence-corrected chi connectivity index (χ0v) is 10.5. The van der Waals surface area contributed by atoms with Crippen molar-refractivity contribution in [2.24, 2.45) is 11.7 Å². The SMILES string of the molecule is CCC(C)CN(CC)c1nccnc1CN. The molecule has 4 heteroatoms. The van der Waals surface area contributed by atoms with Crippen LogP contribution in [0.5, 0.6) is 0 Å². The number of nitrogens with two attached hydrogens (primary N) is 1. The Morgan fingerprint density at radius 3 is 2.56 bits per heavy atom. The van der Waals surface area contributed by atoms with Crippen LogP contribution in [-0.4, -0.2) is 23.1 Å². The Labute approximate surface area is 97.9 Å². The van der Waals surface area contributed by atoms with Gasteiger partial charge in [0.15, 0.2) is 5.82 Å². The van der Waals surface area contributed by atoms with Crippen LogP contribution in [0, 0.1) is 5.92 Å². The Hall–Kier alpha value is -1.16. The summed E-state index contributed by atoms with van der Waals surface area (Å²) in [6, 6.07) is 0. The monoisotopic (exact) mass is 222 g/mol. The van der Waals surface area contributed by atoms with E-state index in [9.17, 15) is 0 Å². The van der Waals surface area contributed by atoms with Crippen molar-refractivity contribution in [1.29, 1.82) is 0 Å². The van der Waals surface area contributed by atoms with Crippen LogP contribution in [0.1, 0.15) is 32.9 Å². The molecule has 4 nitrogen and oxygen atoms in total. The highest BCUT2D eigenvalue weighted by Gasteiger charge is 2.13. The van der Waals surface area contributed by atoms with Gasteiger partial charge in [0.1, 0.15) is 0 Å². The Kier molecular flexibility index (Phi) is 5.19. The maximum atomic E-state index is 5.68. The zero-order valence-electron chi connectivity index (χ0n) is 10.5. The fourth-order valence-electron chi connectivity index (χ4n) is 1.64. The van der Waals surface area contributed by atoms with Gasteiger partial charge in [-0.3, -0.25) is 4.98 Å². The van der Waals surface area contributed by atoms with Gasteiger partial charge in [-0.05, 0) is 12.8 Å². The molecule has 90 valence electrons. The highest BCUT2D eigenvalue weighted by molar-refractivity contribution is 5.42. The lowest BCUT2D eigenvalue weighted by Crippen LogP contribution is -2.30. The molecule has 1 aromatic heterocycles. The minimum atomic E-state index is 0.445. The average Bonchev–Trinajstić information content (AvgIpc) is 2.35. The molecule has 1 heterocycles. The molecule has 0 spiro atoms. The summed E-state index contributed by atoms with van der Waals surface area (Å²) >= 11 is 0. The van der Waals surface area contributed by atoms with Crippen molar-refractivity contribution in [3.05, 3.63) is 18.1 Å². The molecule has 0 aliphatic carbocycles. The van der Waals surface area contributed by atoms with Crippen LogP contribution in [0.3, 0.4) is 0 Å². The van der Waals surface area contributed by atoms with Crippen LogP contribution in [0.25, 0.3) is 0 Å². The van der Waals surface area contributed by atoms with Gasteiger partial charge >= 0.3 is 0 Å². The Morgan fingerprint density at radius 2 is 2.00 bits per heavy atom. The van der Waals surface area contributed by atoms with E-state index in [1.54, 1.807) is 12.4 Å². The molecule has 0 amide bonds. The number of hydrogen-bond acceptors (Lipinski definition) is 4. The Balaban J connectivity index is 2.85. The second kappa shape index (κ2) is 6.43. The van der Waals surface area contributed by atoms with E-state index >= 15 is 0 Å². The highest BCUT2D eigenvalue weighted by Crippen LogP contribution is 2.16. The summed E-state index contributed by atoms with van der Waals surface area (Å²) in [5, 5.41) is 0. The maximum Gasteiger partial charge on any atom is 0.151 e. The third-order valence-corrected chi connectivity index (χ3v) is 2.86. The smallest absolute Gasteiger partial charge is 0.151 e. The zero-order chi connectivity index (χ0) is 12.0. The van der Waals surface area contributed by atoms with E-state index in [0.29, 0.717) is 12.5 Å². The summed E-state index contributed by atoms with van der Waals surface area (Å²) in [5.74, 6) is 1.60. The first-order valence-electron chi connectivity index (χ1n) is 5.97. The van der Waals surface area contributed by atoms with E-state index in [1.165, 1.54) is 6.42 Å². The third-order valence-electron chi connectivity index (χ3n) is 2.86. The van der Waals surface area contributed by atoms with Crippen LogP contribution in [0.2, 0.25) is 0 Å². The average molecular weight is 222 g/mol. The van der Waals surface area contributed by atoms with Gasteiger partial charge in [-0.15, -0.1) is 0 Å². The molecule has 1 aromatic rings. The molecule has 0 aliphatic rings. The molecule has 1 rings (SSSR count). The van der Waals surface area contributed by atoms with Crippen molar-refractivity contribution in [3.8, 4) is 0 Å². The number of nitrogens with zero attached hydrogens (tertiary/aromatic N) is 3. The van der Waals surface area contributed by atoms with E-state index in [2.05, 4.69) is 35.6 Å². The summed E-state index contributed by atoms with van der Waals surface area (Å²) in [4.78, 5) is 10.9. The van der Waals surface area contributed by atoms with Crippen LogP contribution in [0.15, 0.2) is 12.4 Å². The molecular weight excluding hydrogens is 200 g/mol. The van der Waals surface area contributed by atoms with E-state index in [0.717, 1.165) is 24.6 Å². The summed E-state index contributed by atoms with van der Waals surface area (Å²) in [5.41, 5.74) is 6.56. The lowest BCUT2D eigenvalue weighted by molar-refractivity contribution is 0.544. The molecule has 2 N–H and O–H groups in total. The van der Waals surface area contributed by atoms with Crippen molar-refractivity contribution in [2.45, 2.75) is 33.7 Å². The molecule has 1 atom stereocenters. The standard InChI is InChI=1S/C12H22N4/c1-4-10(3)9-16(5-2)12-11(8-13)14-6-7-15-12/h6-7,10H,4-5,8-9,13H2,1-3H3. The van der Waals surface area contributed by atoms with Gasteiger partial charge in [-0.2, -0.15) is 0 Å². The lowest BCUT2D eigenvalue weighted by Gasteiger charge is -2.26. The predicted molar refractivity (Wildman–Crippen MR) is 67.3 cm³/mol. The second-order valence-corrected chi connectivity index (χ2v) is 4.08. The first kappa shape index (κ1) is 12.9. The van der Waals surface area contributed by atoms with Crippen molar-refractivity contribution in [1.82, 2.24) is 9.97 Å². The molecule has 0 aliphatic heterocycles. The van der Waals surface area contributed by atoms with Gasteiger partial charge < -0.3 is 10.6 Å². The highest BCUT2D eigenvalue weighted by atomic mass is 15.2. The summed E-state index contributed by atoms with van der Waals surface area (Å²) in [6.45, 7) is 8.99.